The Kier molecular flexibility index (Phi) is 5.24. The number of aromatic nitrogens is 2. The summed E-state index contributed by atoms with van der Waals surface area (Å²) in [6.45, 7) is 1.68. The molecule has 2 amide bonds. The monoisotopic (exact) mass is 388 g/mol. The highest BCUT2D eigenvalue weighted by molar-refractivity contribution is 5.99. The van der Waals surface area contributed by atoms with Gasteiger partial charge in [0.15, 0.2) is 0 Å². The number of aryl methyl sites for hydroxylation is 3. The van der Waals surface area contributed by atoms with E-state index >= 15 is 0 Å². The van der Waals surface area contributed by atoms with Crippen molar-refractivity contribution in [2.24, 2.45) is 0 Å². The largest absolute Gasteiger partial charge is 0.342 e. The highest BCUT2D eigenvalue weighted by Gasteiger charge is 2.06. The number of amides is 2. The van der Waals surface area contributed by atoms with Gasteiger partial charge < -0.3 is 15.6 Å². The Balaban J connectivity index is 1.32. The number of carbonyl (C=O) groups excluding carboxylic acids is 1. The third-order valence-corrected chi connectivity index (χ3v) is 4.73. The van der Waals surface area contributed by atoms with Gasteiger partial charge in [-0.15, -0.1) is 0 Å². The van der Waals surface area contributed by atoms with E-state index < -0.39 is 6.03 Å². The molecule has 1 heterocycles. The van der Waals surface area contributed by atoms with Gasteiger partial charge in [-0.3, -0.25) is 0 Å². The number of urea groups is 1. The van der Waals surface area contributed by atoms with E-state index in [2.05, 4.69) is 20.6 Å². The number of anilines is 2. The fraction of sp³-hybridized carbons (Fsp3) is 0.130. The summed E-state index contributed by atoms with van der Waals surface area (Å²) in [5, 5.41) is 5.38. The van der Waals surface area contributed by atoms with Crippen LogP contribution >= 0.6 is 0 Å². The second-order valence-electron chi connectivity index (χ2n) is 6.94. The number of nitrogens with zero attached hydrogens (tertiary/aromatic N) is 1. The molecule has 1 aromatic heterocycles. The minimum atomic E-state index is -0.414. The molecule has 4 aromatic rings. The van der Waals surface area contributed by atoms with Gasteiger partial charge in [-0.1, -0.05) is 30.3 Å². The molecule has 0 spiro atoms. The molecule has 3 N–H and O–H groups in total. The van der Waals surface area contributed by atoms with Crippen molar-refractivity contribution < 1.29 is 9.18 Å². The fourth-order valence-electron chi connectivity index (χ4n) is 3.11. The lowest BCUT2D eigenvalue weighted by Gasteiger charge is -2.09. The first-order valence-corrected chi connectivity index (χ1v) is 9.43. The van der Waals surface area contributed by atoms with Gasteiger partial charge in [0.2, 0.25) is 0 Å². The lowest BCUT2D eigenvalue weighted by Crippen LogP contribution is -2.19. The first kappa shape index (κ1) is 18.7. The van der Waals surface area contributed by atoms with Crippen LogP contribution in [0, 0.1) is 12.7 Å². The maximum atomic E-state index is 13.6. The van der Waals surface area contributed by atoms with E-state index in [-0.39, 0.29) is 5.82 Å². The zero-order valence-corrected chi connectivity index (χ0v) is 16.0. The van der Waals surface area contributed by atoms with E-state index in [9.17, 15) is 9.18 Å². The van der Waals surface area contributed by atoms with Gasteiger partial charge in [0.1, 0.15) is 11.6 Å². The number of para-hydroxylation sites is 2. The standard InChI is InChI=1S/C23H21FN4O/c1-15-6-10-18(14-19(15)24)26-23(29)25-17-11-7-16(8-12-17)9-13-22-27-20-4-2-3-5-21(20)28-22/h2-8,10-12,14H,9,13H2,1H3,(H,27,28)(H2,25,26,29). The summed E-state index contributed by atoms with van der Waals surface area (Å²) in [5.41, 5.74) is 4.78. The van der Waals surface area contributed by atoms with Gasteiger partial charge in [0, 0.05) is 17.8 Å². The van der Waals surface area contributed by atoms with Crippen LogP contribution in [0.3, 0.4) is 0 Å². The van der Waals surface area contributed by atoms with E-state index in [1.165, 1.54) is 6.07 Å². The van der Waals surface area contributed by atoms with Crippen LogP contribution in [-0.4, -0.2) is 16.0 Å². The van der Waals surface area contributed by atoms with Crippen LogP contribution in [0.25, 0.3) is 11.0 Å². The quantitative estimate of drug-likeness (QED) is 0.426. The summed E-state index contributed by atoms with van der Waals surface area (Å²) < 4.78 is 13.6. The normalized spacial score (nSPS) is 10.8. The maximum absolute atomic E-state index is 13.6. The molecule has 0 radical (unpaired) electrons. The van der Waals surface area contributed by atoms with Crippen molar-refractivity contribution in [1.82, 2.24) is 9.97 Å². The Morgan fingerprint density at radius 1 is 0.966 bits per heavy atom. The van der Waals surface area contributed by atoms with Gasteiger partial charge in [-0.25, -0.2) is 14.2 Å². The molecule has 0 atom stereocenters. The van der Waals surface area contributed by atoms with Crippen molar-refractivity contribution in [3.8, 4) is 0 Å². The number of benzene rings is 3. The molecule has 0 bridgehead atoms. The van der Waals surface area contributed by atoms with E-state index in [4.69, 9.17) is 0 Å². The number of halogens is 1. The number of hydrogen-bond donors (Lipinski definition) is 3. The second kappa shape index (κ2) is 8.14. The van der Waals surface area contributed by atoms with Crippen LogP contribution in [-0.2, 0) is 12.8 Å². The van der Waals surface area contributed by atoms with Crippen molar-refractivity contribution in [2.45, 2.75) is 19.8 Å². The summed E-state index contributed by atoms with van der Waals surface area (Å²) in [6.07, 6.45) is 1.65. The maximum Gasteiger partial charge on any atom is 0.323 e. The number of H-pyrrole nitrogens is 1. The number of carbonyl (C=O) groups is 1. The Morgan fingerprint density at radius 2 is 1.69 bits per heavy atom. The summed E-state index contributed by atoms with van der Waals surface area (Å²) in [4.78, 5) is 20.0. The minimum Gasteiger partial charge on any atom is -0.342 e. The van der Waals surface area contributed by atoms with E-state index in [0.29, 0.717) is 16.9 Å². The average Bonchev–Trinajstić information content (AvgIpc) is 3.13. The molecule has 3 aromatic carbocycles. The van der Waals surface area contributed by atoms with Gasteiger partial charge in [-0.05, 0) is 60.9 Å². The Morgan fingerprint density at radius 3 is 2.45 bits per heavy atom. The molecule has 0 aliphatic heterocycles. The van der Waals surface area contributed by atoms with Gasteiger partial charge in [0.25, 0.3) is 0 Å². The number of rotatable bonds is 5. The van der Waals surface area contributed by atoms with E-state index in [1.54, 1.807) is 19.1 Å². The number of hydrogen-bond acceptors (Lipinski definition) is 2. The highest BCUT2D eigenvalue weighted by Crippen LogP contribution is 2.16. The van der Waals surface area contributed by atoms with Crippen molar-refractivity contribution in [2.75, 3.05) is 10.6 Å². The third kappa shape index (κ3) is 4.60. The fourth-order valence-corrected chi connectivity index (χ4v) is 3.11. The SMILES string of the molecule is Cc1ccc(NC(=O)Nc2ccc(CCc3nc4ccccc4[nH]3)cc2)cc1F. The molecular formula is C23H21FN4O. The van der Waals surface area contributed by atoms with Crippen LogP contribution in [0.15, 0.2) is 66.7 Å². The van der Waals surface area contributed by atoms with E-state index in [0.717, 1.165) is 35.3 Å². The molecule has 6 heteroatoms. The zero-order valence-electron chi connectivity index (χ0n) is 16.0. The van der Waals surface area contributed by atoms with E-state index in [1.807, 2.05) is 48.5 Å². The average molecular weight is 388 g/mol. The number of nitrogens with one attached hydrogen (secondary N) is 3. The minimum absolute atomic E-state index is 0.350. The van der Waals surface area contributed by atoms with Gasteiger partial charge >= 0.3 is 6.03 Å². The molecule has 0 saturated carbocycles. The first-order valence-electron chi connectivity index (χ1n) is 9.43. The predicted molar refractivity (Wildman–Crippen MR) is 114 cm³/mol. The number of imidazole rings is 1. The highest BCUT2D eigenvalue weighted by atomic mass is 19.1. The molecule has 0 saturated heterocycles. The molecule has 0 aliphatic carbocycles. The zero-order chi connectivity index (χ0) is 20.2. The summed E-state index contributed by atoms with van der Waals surface area (Å²) >= 11 is 0. The molecule has 29 heavy (non-hydrogen) atoms. The molecule has 5 nitrogen and oxygen atoms in total. The van der Waals surface area contributed by atoms with Crippen LogP contribution in [0.4, 0.5) is 20.6 Å². The first-order chi connectivity index (χ1) is 14.1. The predicted octanol–water partition coefficient (Wildman–Crippen LogP) is 5.44. The van der Waals surface area contributed by atoms with Gasteiger partial charge in [-0.2, -0.15) is 0 Å². The summed E-state index contributed by atoms with van der Waals surface area (Å²) in [5.74, 6) is 0.606. The Bertz CT molecular complexity index is 1120. The molecule has 146 valence electrons. The lowest BCUT2D eigenvalue weighted by molar-refractivity contribution is 0.262. The molecular weight excluding hydrogens is 367 g/mol. The van der Waals surface area contributed by atoms with Crippen LogP contribution in [0.5, 0.6) is 0 Å². The second-order valence-corrected chi connectivity index (χ2v) is 6.94. The van der Waals surface area contributed by atoms with Crippen LogP contribution < -0.4 is 10.6 Å². The molecule has 4 rings (SSSR count). The van der Waals surface area contributed by atoms with Crippen molar-refractivity contribution in [3.05, 3.63) is 89.5 Å². The summed E-state index contributed by atoms with van der Waals surface area (Å²) in [7, 11) is 0. The molecule has 0 aliphatic rings. The van der Waals surface area contributed by atoms with Crippen molar-refractivity contribution in [1.29, 1.82) is 0 Å². The molecule has 0 fully saturated rings. The molecule has 0 unspecified atom stereocenters. The van der Waals surface area contributed by atoms with Crippen LogP contribution in [0.1, 0.15) is 17.0 Å². The van der Waals surface area contributed by atoms with Crippen molar-refractivity contribution in [3.63, 3.8) is 0 Å². The number of aromatic amines is 1. The van der Waals surface area contributed by atoms with Gasteiger partial charge in [0.05, 0.1) is 11.0 Å². The Labute approximate surface area is 168 Å². The Hall–Kier alpha value is -3.67. The third-order valence-electron chi connectivity index (χ3n) is 4.73. The summed E-state index contributed by atoms with van der Waals surface area (Å²) in [6, 6.07) is 19.8. The van der Waals surface area contributed by atoms with Crippen LogP contribution in [0.2, 0.25) is 0 Å². The topological polar surface area (TPSA) is 69.8 Å². The lowest BCUT2D eigenvalue weighted by atomic mass is 10.1. The van der Waals surface area contributed by atoms with Crippen molar-refractivity contribution >= 4 is 28.4 Å². The smallest absolute Gasteiger partial charge is 0.323 e. The number of fused-ring (bicyclic) bond motifs is 1.